The summed E-state index contributed by atoms with van der Waals surface area (Å²) in [7, 11) is 2.74. The normalized spacial score (nSPS) is 10.6. The van der Waals surface area contributed by atoms with Crippen LogP contribution < -0.4 is 4.74 Å². The number of aryl methyl sites for hydroxylation is 1. The molecule has 126 valence electrons. The van der Waals surface area contributed by atoms with Crippen molar-refractivity contribution in [3.05, 3.63) is 35.4 Å². The topological polar surface area (TPSA) is 61.8 Å². The van der Waals surface area contributed by atoms with Crippen molar-refractivity contribution in [2.24, 2.45) is 0 Å². The summed E-state index contributed by atoms with van der Waals surface area (Å²) in [5.74, 6) is 0.232. The van der Waals surface area contributed by atoms with Crippen LogP contribution in [0.15, 0.2) is 24.3 Å². The third kappa shape index (κ3) is 7.49. The summed E-state index contributed by atoms with van der Waals surface area (Å²) in [6, 6.07) is 5.75. The number of benzene rings is 1. The first-order chi connectivity index (χ1) is 11.1. The Kier molecular flexibility index (Phi) is 8.50. The highest BCUT2D eigenvalue weighted by atomic mass is 16.5. The number of carbonyl (C=O) groups excluding carboxylic acids is 2. The van der Waals surface area contributed by atoms with Crippen LogP contribution in [0.3, 0.4) is 0 Å². The Bertz CT molecular complexity index is 548. The summed E-state index contributed by atoms with van der Waals surface area (Å²) in [5.41, 5.74) is 1.91. The minimum Gasteiger partial charge on any atom is -0.493 e. The van der Waals surface area contributed by atoms with Crippen LogP contribution in [0.5, 0.6) is 5.75 Å². The van der Waals surface area contributed by atoms with E-state index in [1.807, 2.05) is 25.1 Å². The quantitative estimate of drug-likeness (QED) is 0.397. The van der Waals surface area contributed by atoms with Gasteiger partial charge in [0.1, 0.15) is 5.75 Å². The van der Waals surface area contributed by atoms with E-state index in [1.54, 1.807) is 6.08 Å². The van der Waals surface area contributed by atoms with E-state index in [-0.39, 0.29) is 5.97 Å². The van der Waals surface area contributed by atoms with Gasteiger partial charge in [0.2, 0.25) is 0 Å². The fraction of sp³-hybridized carbons (Fsp3) is 0.444. The molecule has 1 aromatic carbocycles. The molecule has 0 aliphatic heterocycles. The average molecular weight is 320 g/mol. The molecule has 0 spiro atoms. The Labute approximate surface area is 137 Å². The Morgan fingerprint density at radius 3 is 2.57 bits per heavy atom. The van der Waals surface area contributed by atoms with Crippen LogP contribution in [0.1, 0.15) is 36.8 Å². The second kappa shape index (κ2) is 10.4. The molecule has 0 bridgehead atoms. The van der Waals surface area contributed by atoms with Crippen molar-refractivity contribution in [3.8, 4) is 5.75 Å². The van der Waals surface area contributed by atoms with E-state index in [1.165, 1.54) is 20.3 Å². The number of unbranched alkanes of at least 4 members (excludes halogenated alkanes) is 2. The number of hydrogen-bond donors (Lipinski definition) is 0. The minimum absolute atomic E-state index is 0.174. The molecule has 0 aliphatic carbocycles. The Hall–Kier alpha value is -2.30. The zero-order valence-electron chi connectivity index (χ0n) is 14.0. The van der Waals surface area contributed by atoms with Crippen LogP contribution in [0.2, 0.25) is 0 Å². The zero-order valence-corrected chi connectivity index (χ0v) is 14.0. The van der Waals surface area contributed by atoms with Gasteiger partial charge in [-0.15, -0.1) is 0 Å². The molecule has 0 radical (unpaired) electrons. The van der Waals surface area contributed by atoms with Crippen LogP contribution in [0.25, 0.3) is 6.08 Å². The number of hydrogen-bond acceptors (Lipinski definition) is 5. The first-order valence-corrected chi connectivity index (χ1v) is 7.63. The maximum atomic E-state index is 11.1. The van der Waals surface area contributed by atoms with Crippen molar-refractivity contribution >= 4 is 18.0 Å². The maximum absolute atomic E-state index is 11.1. The lowest BCUT2D eigenvalue weighted by Gasteiger charge is -2.10. The van der Waals surface area contributed by atoms with Gasteiger partial charge in [0.25, 0.3) is 0 Å². The van der Waals surface area contributed by atoms with E-state index < -0.39 is 5.97 Å². The summed E-state index contributed by atoms with van der Waals surface area (Å²) in [6.45, 7) is 2.56. The molecule has 0 unspecified atom stereocenters. The van der Waals surface area contributed by atoms with Crippen LogP contribution >= 0.6 is 0 Å². The number of methoxy groups -OCH3 is 2. The molecule has 5 heteroatoms. The number of rotatable bonds is 9. The van der Waals surface area contributed by atoms with Gasteiger partial charge in [-0.3, -0.25) is 4.79 Å². The Morgan fingerprint density at radius 1 is 1.09 bits per heavy atom. The smallest absolute Gasteiger partial charge is 0.330 e. The fourth-order valence-corrected chi connectivity index (χ4v) is 1.94. The van der Waals surface area contributed by atoms with E-state index in [0.717, 1.165) is 36.1 Å². The number of esters is 2. The second-order valence-electron chi connectivity index (χ2n) is 5.12. The van der Waals surface area contributed by atoms with Gasteiger partial charge in [-0.2, -0.15) is 0 Å². The molecule has 0 atom stereocenters. The summed E-state index contributed by atoms with van der Waals surface area (Å²) in [6.07, 6.45) is 6.10. The molecule has 0 fully saturated rings. The lowest BCUT2D eigenvalue weighted by Crippen LogP contribution is -2.02. The molecule has 1 aromatic rings. The molecule has 1 rings (SSSR count). The van der Waals surface area contributed by atoms with Crippen LogP contribution in [0, 0.1) is 6.92 Å². The molecule has 0 aromatic heterocycles. The van der Waals surface area contributed by atoms with E-state index in [0.29, 0.717) is 13.0 Å². The van der Waals surface area contributed by atoms with Crippen molar-refractivity contribution in [1.82, 2.24) is 0 Å². The molecular formula is C18H24O5. The molecule has 0 saturated carbocycles. The van der Waals surface area contributed by atoms with E-state index in [9.17, 15) is 9.59 Å². The van der Waals surface area contributed by atoms with Gasteiger partial charge in [0.05, 0.1) is 20.8 Å². The average Bonchev–Trinajstić information content (AvgIpc) is 2.57. The lowest BCUT2D eigenvalue weighted by molar-refractivity contribution is -0.140. The van der Waals surface area contributed by atoms with Crippen molar-refractivity contribution in [3.63, 3.8) is 0 Å². The highest BCUT2D eigenvalue weighted by Crippen LogP contribution is 2.21. The maximum Gasteiger partial charge on any atom is 0.330 e. The standard InChI is InChI=1S/C18H24O5/c1-14-8-9-15(10-11-18(20)22-3)13-16(14)23-12-6-4-5-7-17(19)21-2/h8-11,13H,4-7,12H2,1-3H3/b11-10+. The van der Waals surface area contributed by atoms with Crippen molar-refractivity contribution < 1.29 is 23.8 Å². The van der Waals surface area contributed by atoms with Gasteiger partial charge < -0.3 is 14.2 Å². The van der Waals surface area contributed by atoms with Gasteiger partial charge >= 0.3 is 11.9 Å². The van der Waals surface area contributed by atoms with Gasteiger partial charge in [-0.05, 0) is 49.5 Å². The minimum atomic E-state index is -0.390. The first-order valence-electron chi connectivity index (χ1n) is 7.63. The summed E-state index contributed by atoms with van der Waals surface area (Å²) < 4.78 is 14.9. The molecule has 0 heterocycles. The third-order valence-corrected chi connectivity index (χ3v) is 3.34. The third-order valence-electron chi connectivity index (χ3n) is 3.34. The van der Waals surface area contributed by atoms with Crippen LogP contribution in [-0.2, 0) is 19.1 Å². The van der Waals surface area contributed by atoms with Gasteiger partial charge in [0, 0.05) is 12.5 Å². The van der Waals surface area contributed by atoms with Gasteiger partial charge in [0.15, 0.2) is 0 Å². The fourth-order valence-electron chi connectivity index (χ4n) is 1.94. The van der Waals surface area contributed by atoms with Crippen molar-refractivity contribution in [1.29, 1.82) is 0 Å². The molecule has 23 heavy (non-hydrogen) atoms. The highest BCUT2D eigenvalue weighted by molar-refractivity contribution is 5.87. The van der Waals surface area contributed by atoms with Crippen LogP contribution in [0.4, 0.5) is 0 Å². The summed E-state index contributed by atoms with van der Waals surface area (Å²) in [4.78, 5) is 22.1. The monoisotopic (exact) mass is 320 g/mol. The first kappa shape index (κ1) is 18.7. The molecule has 0 N–H and O–H groups in total. The molecule has 0 saturated heterocycles. The van der Waals surface area contributed by atoms with Gasteiger partial charge in [-0.1, -0.05) is 12.1 Å². The van der Waals surface area contributed by atoms with Crippen LogP contribution in [-0.4, -0.2) is 32.8 Å². The summed E-state index contributed by atoms with van der Waals surface area (Å²) >= 11 is 0. The largest absolute Gasteiger partial charge is 0.493 e. The molecule has 0 aliphatic rings. The SMILES string of the molecule is COC(=O)/C=C/c1ccc(C)c(OCCCCCC(=O)OC)c1. The lowest BCUT2D eigenvalue weighted by atomic mass is 10.1. The molecular weight excluding hydrogens is 296 g/mol. The Morgan fingerprint density at radius 2 is 1.87 bits per heavy atom. The predicted octanol–water partition coefficient (Wildman–Crippen LogP) is 3.29. The molecule has 5 nitrogen and oxygen atoms in total. The number of carbonyl (C=O) groups is 2. The highest BCUT2D eigenvalue weighted by Gasteiger charge is 2.02. The molecule has 0 amide bonds. The Balaban J connectivity index is 2.42. The second-order valence-corrected chi connectivity index (χ2v) is 5.12. The van der Waals surface area contributed by atoms with E-state index >= 15 is 0 Å². The van der Waals surface area contributed by atoms with E-state index in [4.69, 9.17) is 4.74 Å². The number of ether oxygens (including phenoxy) is 3. The van der Waals surface area contributed by atoms with Crippen molar-refractivity contribution in [2.75, 3.05) is 20.8 Å². The van der Waals surface area contributed by atoms with Crippen molar-refractivity contribution in [2.45, 2.75) is 32.6 Å². The summed E-state index contributed by atoms with van der Waals surface area (Å²) in [5, 5.41) is 0. The zero-order chi connectivity index (χ0) is 17.1. The van der Waals surface area contributed by atoms with Gasteiger partial charge in [-0.25, -0.2) is 4.79 Å². The predicted molar refractivity (Wildman–Crippen MR) is 88.2 cm³/mol. The van der Waals surface area contributed by atoms with E-state index in [2.05, 4.69) is 9.47 Å².